The molecule has 1 aliphatic heterocycles. The summed E-state index contributed by atoms with van der Waals surface area (Å²) in [5, 5.41) is 6.75. The van der Waals surface area contributed by atoms with Gasteiger partial charge in [-0.3, -0.25) is 4.99 Å². The van der Waals surface area contributed by atoms with Crippen LogP contribution < -0.4 is 20.3 Å². The number of ether oxygens (including phenoxy) is 1. The summed E-state index contributed by atoms with van der Waals surface area (Å²) in [6.07, 6.45) is 5.28. The van der Waals surface area contributed by atoms with E-state index in [0.717, 1.165) is 50.1 Å². The summed E-state index contributed by atoms with van der Waals surface area (Å²) in [6.45, 7) is 3.72. The minimum atomic E-state index is 0.720. The number of rotatable bonds is 7. The van der Waals surface area contributed by atoms with Crippen LogP contribution in [0.15, 0.2) is 47.6 Å². The van der Waals surface area contributed by atoms with Gasteiger partial charge >= 0.3 is 0 Å². The Morgan fingerprint density at radius 1 is 1.19 bits per heavy atom. The number of nitrogens with one attached hydrogen (secondary N) is 2. The van der Waals surface area contributed by atoms with E-state index in [9.17, 15) is 0 Å². The van der Waals surface area contributed by atoms with Crippen LogP contribution in [0.4, 0.5) is 5.82 Å². The van der Waals surface area contributed by atoms with Crippen LogP contribution in [-0.4, -0.2) is 44.7 Å². The number of benzene rings is 1. The maximum Gasteiger partial charge on any atom is 0.191 e. The van der Waals surface area contributed by atoms with Crippen LogP contribution >= 0.6 is 0 Å². The van der Waals surface area contributed by atoms with Gasteiger partial charge in [0.1, 0.15) is 11.6 Å². The summed E-state index contributed by atoms with van der Waals surface area (Å²) in [7, 11) is 3.50. The number of aliphatic imine (C=N–C) groups is 1. The molecule has 27 heavy (non-hydrogen) atoms. The second kappa shape index (κ2) is 9.80. The average Bonchev–Trinajstić information content (AvgIpc) is 3.26. The van der Waals surface area contributed by atoms with Crippen molar-refractivity contribution in [2.24, 2.45) is 4.99 Å². The summed E-state index contributed by atoms with van der Waals surface area (Å²) < 4.78 is 5.40. The van der Waals surface area contributed by atoms with Gasteiger partial charge in [0.05, 0.1) is 7.11 Å². The minimum absolute atomic E-state index is 0.720. The number of hydrogen-bond acceptors (Lipinski definition) is 4. The van der Waals surface area contributed by atoms with Crippen molar-refractivity contribution < 1.29 is 4.74 Å². The first-order valence-electron chi connectivity index (χ1n) is 9.56. The van der Waals surface area contributed by atoms with Crippen molar-refractivity contribution in [2.45, 2.75) is 25.8 Å². The quantitative estimate of drug-likeness (QED) is 0.582. The fourth-order valence-corrected chi connectivity index (χ4v) is 3.32. The number of guanidine groups is 1. The Morgan fingerprint density at radius 3 is 2.78 bits per heavy atom. The van der Waals surface area contributed by atoms with Gasteiger partial charge in [0.25, 0.3) is 0 Å². The van der Waals surface area contributed by atoms with Gasteiger partial charge in [-0.25, -0.2) is 4.98 Å². The second-order valence-corrected chi connectivity index (χ2v) is 6.63. The van der Waals surface area contributed by atoms with Crippen molar-refractivity contribution in [1.29, 1.82) is 0 Å². The zero-order valence-electron chi connectivity index (χ0n) is 16.2. The zero-order chi connectivity index (χ0) is 18.9. The SMILES string of the molecule is CN=C(NCCc1ccccc1OC)NCc1ccnc(N2CCCC2)c1. The lowest BCUT2D eigenvalue weighted by Gasteiger charge is -2.17. The van der Waals surface area contributed by atoms with Gasteiger partial charge in [-0.05, 0) is 48.6 Å². The van der Waals surface area contributed by atoms with Crippen LogP contribution in [0.3, 0.4) is 0 Å². The molecular weight excluding hydrogens is 338 g/mol. The van der Waals surface area contributed by atoms with Gasteiger partial charge in [-0.2, -0.15) is 0 Å². The third kappa shape index (κ3) is 5.36. The molecule has 1 aromatic heterocycles. The van der Waals surface area contributed by atoms with E-state index >= 15 is 0 Å². The largest absolute Gasteiger partial charge is 0.496 e. The second-order valence-electron chi connectivity index (χ2n) is 6.63. The monoisotopic (exact) mass is 367 g/mol. The fourth-order valence-electron chi connectivity index (χ4n) is 3.32. The molecule has 1 aromatic carbocycles. The van der Waals surface area contributed by atoms with Gasteiger partial charge in [-0.15, -0.1) is 0 Å². The molecule has 0 bridgehead atoms. The van der Waals surface area contributed by atoms with Crippen molar-refractivity contribution in [3.63, 3.8) is 0 Å². The Balaban J connectivity index is 1.48. The summed E-state index contributed by atoms with van der Waals surface area (Å²) in [5.41, 5.74) is 2.40. The van der Waals surface area contributed by atoms with Crippen LogP contribution in [0, 0.1) is 0 Å². The van der Waals surface area contributed by atoms with Crippen molar-refractivity contribution in [1.82, 2.24) is 15.6 Å². The summed E-state index contributed by atoms with van der Waals surface area (Å²) in [4.78, 5) is 11.2. The zero-order valence-corrected chi connectivity index (χ0v) is 16.2. The third-order valence-corrected chi connectivity index (χ3v) is 4.80. The lowest BCUT2D eigenvalue weighted by molar-refractivity contribution is 0.409. The fraction of sp³-hybridized carbons (Fsp3) is 0.429. The molecule has 0 amide bonds. The first-order chi connectivity index (χ1) is 13.3. The van der Waals surface area contributed by atoms with Crippen LogP contribution in [0.25, 0.3) is 0 Å². The highest BCUT2D eigenvalue weighted by Gasteiger charge is 2.13. The Labute approximate surface area is 161 Å². The number of methoxy groups -OCH3 is 1. The number of pyridine rings is 1. The smallest absolute Gasteiger partial charge is 0.191 e. The van der Waals surface area contributed by atoms with Crippen LogP contribution in [0.1, 0.15) is 24.0 Å². The molecule has 6 nitrogen and oxygen atoms in total. The highest BCUT2D eigenvalue weighted by molar-refractivity contribution is 5.79. The molecule has 0 spiro atoms. The standard InChI is InChI=1S/C21H29N5O/c1-22-21(24-12-10-18-7-3-4-8-19(18)27-2)25-16-17-9-11-23-20(15-17)26-13-5-6-14-26/h3-4,7-9,11,15H,5-6,10,12-14,16H2,1-2H3,(H2,22,24,25). The molecule has 1 aliphatic rings. The average molecular weight is 367 g/mol. The van der Waals surface area contributed by atoms with E-state index in [1.807, 2.05) is 24.4 Å². The molecule has 0 unspecified atom stereocenters. The predicted octanol–water partition coefficient (Wildman–Crippen LogP) is 2.60. The van der Waals surface area contributed by atoms with Gasteiger partial charge in [-0.1, -0.05) is 18.2 Å². The van der Waals surface area contributed by atoms with E-state index in [1.165, 1.54) is 24.0 Å². The molecule has 3 rings (SSSR count). The molecule has 1 saturated heterocycles. The van der Waals surface area contributed by atoms with Crippen molar-refractivity contribution in [3.05, 3.63) is 53.7 Å². The van der Waals surface area contributed by atoms with Gasteiger partial charge in [0, 0.05) is 39.4 Å². The first kappa shape index (κ1) is 19.0. The van der Waals surface area contributed by atoms with Crippen LogP contribution in [0.5, 0.6) is 5.75 Å². The normalized spacial score (nSPS) is 14.3. The highest BCUT2D eigenvalue weighted by Crippen LogP contribution is 2.18. The van der Waals surface area contributed by atoms with Crippen molar-refractivity contribution in [3.8, 4) is 5.75 Å². The molecule has 6 heteroatoms. The topological polar surface area (TPSA) is 61.8 Å². The molecule has 2 heterocycles. The minimum Gasteiger partial charge on any atom is -0.496 e. The molecule has 0 radical (unpaired) electrons. The number of aromatic nitrogens is 1. The number of anilines is 1. The molecule has 144 valence electrons. The van der Waals surface area contributed by atoms with E-state index in [2.05, 4.69) is 43.7 Å². The molecule has 2 aromatic rings. The number of nitrogens with zero attached hydrogens (tertiary/aromatic N) is 3. The van der Waals surface area contributed by atoms with Crippen molar-refractivity contribution >= 4 is 11.8 Å². The molecule has 0 saturated carbocycles. The van der Waals surface area contributed by atoms with Crippen molar-refractivity contribution in [2.75, 3.05) is 38.7 Å². The first-order valence-corrected chi connectivity index (χ1v) is 9.56. The Hall–Kier alpha value is -2.76. The molecule has 2 N–H and O–H groups in total. The van der Waals surface area contributed by atoms with E-state index in [0.29, 0.717) is 0 Å². The van der Waals surface area contributed by atoms with Gasteiger partial charge in [0.2, 0.25) is 0 Å². The lowest BCUT2D eigenvalue weighted by atomic mass is 10.1. The summed E-state index contributed by atoms with van der Waals surface area (Å²) in [6, 6.07) is 12.3. The lowest BCUT2D eigenvalue weighted by Crippen LogP contribution is -2.37. The molecule has 0 atom stereocenters. The van der Waals surface area contributed by atoms with Gasteiger partial charge < -0.3 is 20.3 Å². The third-order valence-electron chi connectivity index (χ3n) is 4.80. The molecular formula is C21H29N5O. The summed E-state index contributed by atoms with van der Waals surface area (Å²) in [5.74, 6) is 2.80. The Bertz CT molecular complexity index is 756. The maximum atomic E-state index is 5.40. The number of para-hydroxylation sites is 1. The predicted molar refractivity (Wildman–Crippen MR) is 111 cm³/mol. The van der Waals surface area contributed by atoms with Crippen LogP contribution in [-0.2, 0) is 13.0 Å². The Morgan fingerprint density at radius 2 is 2.00 bits per heavy atom. The van der Waals surface area contributed by atoms with E-state index in [1.54, 1.807) is 14.2 Å². The maximum absolute atomic E-state index is 5.40. The van der Waals surface area contributed by atoms with Gasteiger partial charge in [0.15, 0.2) is 5.96 Å². The molecule has 0 aliphatic carbocycles. The summed E-state index contributed by atoms with van der Waals surface area (Å²) >= 11 is 0. The number of hydrogen-bond donors (Lipinski definition) is 2. The highest BCUT2D eigenvalue weighted by atomic mass is 16.5. The van der Waals surface area contributed by atoms with E-state index in [4.69, 9.17) is 4.74 Å². The Kier molecular flexibility index (Phi) is 6.90. The van der Waals surface area contributed by atoms with Crippen LogP contribution in [0.2, 0.25) is 0 Å². The van der Waals surface area contributed by atoms with E-state index in [-0.39, 0.29) is 0 Å². The molecule has 1 fully saturated rings. The van der Waals surface area contributed by atoms with E-state index < -0.39 is 0 Å².